The number of nitrogens with zero attached hydrogens (tertiary/aromatic N) is 1. The predicted molar refractivity (Wildman–Crippen MR) is 129 cm³/mol. The number of nitrogens with one attached hydrogen (secondary N) is 1. The predicted octanol–water partition coefficient (Wildman–Crippen LogP) is 4.76. The lowest BCUT2D eigenvalue weighted by atomic mass is 9.94. The lowest BCUT2D eigenvalue weighted by Gasteiger charge is -2.46. The summed E-state index contributed by atoms with van der Waals surface area (Å²) in [5.74, 6) is 0.437. The summed E-state index contributed by atoms with van der Waals surface area (Å²) in [5.41, 5.74) is 0. The summed E-state index contributed by atoms with van der Waals surface area (Å²) >= 11 is 1.72. The van der Waals surface area contributed by atoms with Gasteiger partial charge in [0.25, 0.3) is 8.32 Å². The zero-order valence-corrected chi connectivity index (χ0v) is 20.0. The van der Waals surface area contributed by atoms with Crippen LogP contribution in [0.3, 0.4) is 0 Å². The Bertz CT molecular complexity index is 864. The van der Waals surface area contributed by atoms with Crippen molar-refractivity contribution in [2.45, 2.75) is 44.8 Å². The van der Waals surface area contributed by atoms with E-state index in [0.29, 0.717) is 5.92 Å². The Kier molecular flexibility index (Phi) is 6.53. The van der Waals surface area contributed by atoms with Crippen LogP contribution in [0.1, 0.15) is 44.7 Å². The second-order valence-electron chi connectivity index (χ2n) is 9.18. The van der Waals surface area contributed by atoms with Crippen LogP contribution >= 0.6 is 11.3 Å². The first-order valence-electron chi connectivity index (χ1n) is 10.9. The molecule has 1 fully saturated rings. The van der Waals surface area contributed by atoms with E-state index >= 15 is 0 Å². The van der Waals surface area contributed by atoms with Gasteiger partial charge in [-0.05, 0) is 34.8 Å². The highest BCUT2D eigenvalue weighted by Gasteiger charge is 2.52. The zero-order chi connectivity index (χ0) is 21.0. The Hall–Kier alpha value is -1.79. The highest BCUT2D eigenvalue weighted by Crippen LogP contribution is 2.43. The number of benzene rings is 2. The Balaban J connectivity index is 1.88. The van der Waals surface area contributed by atoms with Crippen LogP contribution in [0.4, 0.5) is 0 Å². The average molecular weight is 437 g/mol. The molecule has 0 spiro atoms. The molecule has 30 heavy (non-hydrogen) atoms. The molecule has 1 saturated heterocycles. The Labute approximate surface area is 185 Å². The topological polar surface area (TPSA) is 34.1 Å². The normalized spacial score (nSPS) is 18.8. The third-order valence-electron chi connectivity index (χ3n) is 6.18. The van der Waals surface area contributed by atoms with Crippen LogP contribution in [-0.2, 0) is 4.43 Å². The van der Waals surface area contributed by atoms with Crippen molar-refractivity contribution in [1.82, 2.24) is 10.3 Å². The Morgan fingerprint density at radius 1 is 1.03 bits per heavy atom. The number of aromatic nitrogens is 1. The van der Waals surface area contributed by atoms with Gasteiger partial charge in [0.15, 0.2) is 0 Å². The van der Waals surface area contributed by atoms with Crippen molar-refractivity contribution >= 4 is 30.0 Å². The van der Waals surface area contributed by atoms with Gasteiger partial charge in [0.05, 0.1) is 0 Å². The number of rotatable bonds is 6. The fourth-order valence-corrected chi connectivity index (χ4v) is 10.3. The molecule has 2 heterocycles. The van der Waals surface area contributed by atoms with Crippen LogP contribution < -0.4 is 15.7 Å². The summed E-state index contributed by atoms with van der Waals surface area (Å²) in [6.07, 6.45) is 4.29. The first kappa shape index (κ1) is 21.4. The van der Waals surface area contributed by atoms with Crippen LogP contribution in [0, 0.1) is 5.92 Å². The third-order valence-corrected chi connectivity index (χ3v) is 12.0. The second kappa shape index (κ2) is 9.14. The van der Waals surface area contributed by atoms with Crippen LogP contribution in [0.2, 0.25) is 5.04 Å². The highest BCUT2D eigenvalue weighted by atomic mass is 32.1. The summed E-state index contributed by atoms with van der Waals surface area (Å²) in [4.78, 5) is 4.73. The van der Waals surface area contributed by atoms with Crippen molar-refractivity contribution in [3.8, 4) is 0 Å². The van der Waals surface area contributed by atoms with Gasteiger partial charge < -0.3 is 9.74 Å². The highest BCUT2D eigenvalue weighted by molar-refractivity contribution is 7.09. The minimum absolute atomic E-state index is 0.00380. The van der Waals surface area contributed by atoms with Gasteiger partial charge in [-0.1, -0.05) is 81.4 Å². The summed E-state index contributed by atoms with van der Waals surface area (Å²) in [5, 5.41) is 9.40. The van der Waals surface area contributed by atoms with Crippen LogP contribution in [0.5, 0.6) is 0 Å². The van der Waals surface area contributed by atoms with E-state index in [-0.39, 0.29) is 11.1 Å². The van der Waals surface area contributed by atoms with Gasteiger partial charge in [0, 0.05) is 24.0 Å². The Morgan fingerprint density at radius 2 is 1.67 bits per heavy atom. The first-order chi connectivity index (χ1) is 14.5. The van der Waals surface area contributed by atoms with Crippen molar-refractivity contribution in [2.75, 3.05) is 13.1 Å². The Morgan fingerprint density at radius 3 is 2.13 bits per heavy atom. The molecule has 0 bridgehead atoms. The fourth-order valence-electron chi connectivity index (χ4n) is 4.74. The van der Waals surface area contributed by atoms with Crippen LogP contribution in [0.25, 0.3) is 0 Å². The van der Waals surface area contributed by atoms with E-state index in [1.165, 1.54) is 23.2 Å². The molecule has 2 atom stereocenters. The van der Waals surface area contributed by atoms with Crippen molar-refractivity contribution in [3.05, 3.63) is 77.2 Å². The standard InChI is InChI=1S/C25H32N2OSSi/c1-25(2,3)30(21-12-6-4-7-13-21,22-14-8-5-9-15-22)28-23(24-27-17-18-29-24)20-11-10-16-26-19-20/h4-9,12-15,17-18,20,23,26H,10-11,16,19H2,1-3H3/t20-,23-/m0/s1. The van der Waals surface area contributed by atoms with E-state index in [9.17, 15) is 0 Å². The molecule has 0 amide bonds. The monoisotopic (exact) mass is 436 g/mol. The lowest BCUT2D eigenvalue weighted by molar-refractivity contribution is 0.105. The molecule has 1 aliphatic heterocycles. The maximum atomic E-state index is 7.51. The molecule has 1 N–H and O–H groups in total. The molecule has 0 unspecified atom stereocenters. The van der Waals surface area contributed by atoms with Gasteiger partial charge in [-0.25, -0.2) is 4.98 Å². The molecule has 5 heteroatoms. The number of hydrogen-bond acceptors (Lipinski definition) is 4. The number of hydrogen-bond donors (Lipinski definition) is 1. The van der Waals surface area contributed by atoms with Crippen molar-refractivity contribution in [3.63, 3.8) is 0 Å². The van der Waals surface area contributed by atoms with Crippen molar-refractivity contribution in [2.24, 2.45) is 5.92 Å². The van der Waals surface area contributed by atoms with Gasteiger partial charge in [0.2, 0.25) is 0 Å². The van der Waals surface area contributed by atoms with E-state index in [2.05, 4.69) is 92.1 Å². The molecular formula is C25H32N2OSSi. The van der Waals surface area contributed by atoms with Gasteiger partial charge in [-0.3, -0.25) is 0 Å². The molecule has 2 aromatic carbocycles. The van der Waals surface area contributed by atoms with Crippen LogP contribution in [-0.4, -0.2) is 26.4 Å². The number of thiazole rings is 1. The van der Waals surface area contributed by atoms with Crippen molar-refractivity contribution < 1.29 is 4.43 Å². The van der Waals surface area contributed by atoms with E-state index in [1.807, 2.05) is 6.20 Å². The van der Waals surface area contributed by atoms with Gasteiger partial charge in [-0.15, -0.1) is 11.3 Å². The zero-order valence-electron chi connectivity index (χ0n) is 18.2. The van der Waals surface area contributed by atoms with Crippen molar-refractivity contribution in [1.29, 1.82) is 0 Å². The second-order valence-corrected chi connectivity index (χ2v) is 14.4. The minimum Gasteiger partial charge on any atom is -0.398 e. The molecule has 0 saturated carbocycles. The van der Waals surface area contributed by atoms with E-state index in [4.69, 9.17) is 9.41 Å². The summed E-state index contributed by atoms with van der Waals surface area (Å²) < 4.78 is 7.51. The maximum Gasteiger partial charge on any atom is 0.262 e. The number of piperidine rings is 1. The smallest absolute Gasteiger partial charge is 0.262 e. The largest absolute Gasteiger partial charge is 0.398 e. The SMILES string of the molecule is CC(C)(C)[Si](O[C@H](c1nccs1)[C@H]1CCCNC1)(c1ccccc1)c1ccccc1. The van der Waals surface area contributed by atoms with E-state index in [1.54, 1.807) is 11.3 Å². The minimum atomic E-state index is -2.61. The average Bonchev–Trinajstić information content (AvgIpc) is 3.30. The molecule has 0 radical (unpaired) electrons. The summed E-state index contributed by atoms with van der Waals surface area (Å²) in [6.45, 7) is 9.12. The first-order valence-corrected chi connectivity index (χ1v) is 13.7. The van der Waals surface area contributed by atoms with Crippen LogP contribution in [0.15, 0.2) is 72.2 Å². The van der Waals surface area contributed by atoms with Gasteiger partial charge >= 0.3 is 0 Å². The van der Waals surface area contributed by atoms with Gasteiger partial charge in [0.1, 0.15) is 11.1 Å². The summed E-state index contributed by atoms with van der Waals surface area (Å²) in [7, 11) is -2.61. The van der Waals surface area contributed by atoms with Gasteiger partial charge in [-0.2, -0.15) is 0 Å². The van der Waals surface area contributed by atoms with E-state index < -0.39 is 8.32 Å². The fraction of sp³-hybridized carbons (Fsp3) is 0.400. The molecular weight excluding hydrogens is 404 g/mol. The quantitative estimate of drug-likeness (QED) is 0.566. The molecule has 0 aliphatic carbocycles. The summed E-state index contributed by atoms with van der Waals surface area (Å²) in [6, 6.07) is 21.9. The third kappa shape index (κ3) is 4.17. The molecule has 1 aromatic heterocycles. The molecule has 3 aromatic rings. The molecule has 3 nitrogen and oxygen atoms in total. The molecule has 4 rings (SSSR count). The molecule has 158 valence electrons. The molecule has 1 aliphatic rings. The lowest BCUT2D eigenvalue weighted by Crippen LogP contribution is -2.67. The van der Waals surface area contributed by atoms with E-state index in [0.717, 1.165) is 18.1 Å². The maximum absolute atomic E-state index is 7.51.